The first-order chi connectivity index (χ1) is 6.45. The van der Waals surface area contributed by atoms with E-state index in [0.717, 1.165) is 25.7 Å². The second-order valence-electron chi connectivity index (χ2n) is 5.34. The van der Waals surface area contributed by atoms with Crippen LogP contribution in [0.3, 0.4) is 0 Å². The highest BCUT2D eigenvalue weighted by atomic mass is 14.4. The van der Waals surface area contributed by atoms with Gasteiger partial charge in [-0.25, -0.2) is 0 Å². The summed E-state index contributed by atoms with van der Waals surface area (Å²) in [4.78, 5) is 0. The molecule has 14 heavy (non-hydrogen) atoms. The molecule has 0 N–H and O–H groups in total. The Morgan fingerprint density at radius 1 is 1.07 bits per heavy atom. The summed E-state index contributed by atoms with van der Waals surface area (Å²) in [5, 5.41) is 9.36. The summed E-state index contributed by atoms with van der Waals surface area (Å²) in [7, 11) is 0. The first-order valence-corrected chi connectivity index (χ1v) is 5.87. The van der Waals surface area contributed by atoms with Crippen molar-refractivity contribution >= 4 is 0 Å². The van der Waals surface area contributed by atoms with Crippen molar-refractivity contribution in [3.63, 3.8) is 0 Å². The molecule has 0 radical (unpaired) electrons. The number of nitriles is 1. The van der Waals surface area contributed by atoms with Gasteiger partial charge in [-0.2, -0.15) is 5.26 Å². The van der Waals surface area contributed by atoms with Crippen LogP contribution in [0.2, 0.25) is 0 Å². The Morgan fingerprint density at radius 2 is 1.50 bits per heavy atom. The minimum absolute atomic E-state index is 0.0584. The van der Waals surface area contributed by atoms with Gasteiger partial charge in [-0.1, -0.05) is 41.0 Å². The third kappa shape index (κ3) is 4.65. The van der Waals surface area contributed by atoms with Crippen LogP contribution in [0.25, 0.3) is 0 Å². The molecule has 0 aliphatic carbocycles. The van der Waals surface area contributed by atoms with Gasteiger partial charge in [-0.15, -0.1) is 0 Å². The summed E-state index contributed by atoms with van der Waals surface area (Å²) in [6.45, 7) is 11.0. The van der Waals surface area contributed by atoms with Crippen molar-refractivity contribution in [3.05, 3.63) is 0 Å². The Bertz CT molecular complexity index is 176. The van der Waals surface area contributed by atoms with Crippen LogP contribution >= 0.6 is 0 Å². The van der Waals surface area contributed by atoms with Crippen molar-refractivity contribution in [2.24, 2.45) is 17.3 Å². The molecule has 0 aromatic carbocycles. The lowest BCUT2D eigenvalue weighted by molar-refractivity contribution is 0.236. The molecule has 0 saturated carbocycles. The summed E-state index contributed by atoms with van der Waals surface area (Å²) in [6, 6.07) is 2.58. The zero-order chi connectivity index (χ0) is 11.2. The highest BCUT2D eigenvalue weighted by molar-refractivity contribution is 4.99. The van der Waals surface area contributed by atoms with E-state index in [1.54, 1.807) is 0 Å². The number of hydrogen-bond acceptors (Lipinski definition) is 1. The van der Waals surface area contributed by atoms with Crippen LogP contribution in [0.15, 0.2) is 0 Å². The van der Waals surface area contributed by atoms with Gasteiger partial charge in [0.1, 0.15) is 0 Å². The Morgan fingerprint density at radius 3 is 1.71 bits per heavy atom. The van der Waals surface area contributed by atoms with Crippen LogP contribution in [0.5, 0.6) is 0 Å². The second kappa shape index (κ2) is 6.06. The minimum Gasteiger partial charge on any atom is -0.198 e. The summed E-state index contributed by atoms with van der Waals surface area (Å²) in [5.74, 6) is 1.25. The topological polar surface area (TPSA) is 23.8 Å². The van der Waals surface area contributed by atoms with Crippen LogP contribution in [-0.4, -0.2) is 0 Å². The van der Waals surface area contributed by atoms with Crippen LogP contribution in [0, 0.1) is 28.6 Å². The van der Waals surface area contributed by atoms with Gasteiger partial charge in [0.15, 0.2) is 0 Å². The van der Waals surface area contributed by atoms with Crippen molar-refractivity contribution < 1.29 is 0 Å². The van der Waals surface area contributed by atoms with Crippen molar-refractivity contribution in [1.29, 1.82) is 5.26 Å². The molecule has 0 fully saturated rings. The average molecular weight is 195 g/mol. The fourth-order valence-corrected chi connectivity index (χ4v) is 2.48. The number of nitrogens with zero attached hydrogens (tertiary/aromatic N) is 1. The standard InChI is InChI=1S/C13H25N/c1-6-7-13(10-14,8-11(2)3)9-12(4)5/h11-12H,6-9H2,1-5H3. The SMILES string of the molecule is CCCC(C#N)(CC(C)C)CC(C)C. The van der Waals surface area contributed by atoms with Crippen molar-refractivity contribution in [1.82, 2.24) is 0 Å². The van der Waals surface area contributed by atoms with E-state index in [2.05, 4.69) is 40.7 Å². The first-order valence-electron chi connectivity index (χ1n) is 5.87. The van der Waals surface area contributed by atoms with Gasteiger partial charge in [0.2, 0.25) is 0 Å². The van der Waals surface area contributed by atoms with Gasteiger partial charge in [-0.3, -0.25) is 0 Å². The maximum Gasteiger partial charge on any atom is 0.0689 e. The summed E-state index contributed by atoms with van der Waals surface area (Å²) < 4.78 is 0. The molecule has 1 nitrogen and oxygen atoms in total. The lowest BCUT2D eigenvalue weighted by Gasteiger charge is -2.29. The summed E-state index contributed by atoms with van der Waals surface area (Å²) >= 11 is 0. The van der Waals surface area contributed by atoms with Gasteiger partial charge < -0.3 is 0 Å². The molecular weight excluding hydrogens is 170 g/mol. The van der Waals surface area contributed by atoms with Crippen LogP contribution in [0.1, 0.15) is 60.3 Å². The Labute approximate surface area is 89.5 Å². The smallest absolute Gasteiger partial charge is 0.0689 e. The molecule has 0 bridgehead atoms. The van der Waals surface area contributed by atoms with Gasteiger partial charge in [0, 0.05) is 0 Å². The van der Waals surface area contributed by atoms with Gasteiger partial charge in [0.25, 0.3) is 0 Å². The molecule has 82 valence electrons. The lowest BCUT2D eigenvalue weighted by Crippen LogP contribution is -2.23. The second-order valence-corrected chi connectivity index (χ2v) is 5.34. The molecule has 0 aliphatic heterocycles. The molecule has 0 amide bonds. The van der Waals surface area contributed by atoms with E-state index in [1.165, 1.54) is 0 Å². The van der Waals surface area contributed by atoms with Crippen LogP contribution in [-0.2, 0) is 0 Å². The largest absolute Gasteiger partial charge is 0.198 e. The molecular formula is C13H25N. The maximum atomic E-state index is 9.36. The van der Waals surface area contributed by atoms with E-state index in [0.29, 0.717) is 11.8 Å². The predicted molar refractivity (Wildman–Crippen MR) is 61.9 cm³/mol. The maximum absolute atomic E-state index is 9.36. The van der Waals surface area contributed by atoms with E-state index >= 15 is 0 Å². The Kier molecular flexibility index (Phi) is 5.84. The van der Waals surface area contributed by atoms with E-state index in [1.807, 2.05) is 0 Å². The minimum atomic E-state index is -0.0584. The normalized spacial score (nSPS) is 12.1. The van der Waals surface area contributed by atoms with Crippen molar-refractivity contribution in [3.8, 4) is 6.07 Å². The molecule has 1 heteroatoms. The molecule has 0 spiro atoms. The molecule has 0 heterocycles. The van der Waals surface area contributed by atoms with Gasteiger partial charge >= 0.3 is 0 Å². The van der Waals surface area contributed by atoms with E-state index in [4.69, 9.17) is 0 Å². The molecule has 0 aromatic heterocycles. The Hall–Kier alpha value is -0.510. The van der Waals surface area contributed by atoms with E-state index in [-0.39, 0.29) is 5.41 Å². The predicted octanol–water partition coefficient (Wildman–Crippen LogP) is 4.39. The van der Waals surface area contributed by atoms with Crippen LogP contribution < -0.4 is 0 Å². The summed E-state index contributed by atoms with van der Waals surface area (Å²) in [6.07, 6.45) is 4.28. The summed E-state index contributed by atoms with van der Waals surface area (Å²) in [5.41, 5.74) is -0.0584. The van der Waals surface area contributed by atoms with Crippen molar-refractivity contribution in [2.45, 2.75) is 60.3 Å². The molecule has 0 rings (SSSR count). The van der Waals surface area contributed by atoms with Crippen molar-refractivity contribution in [2.75, 3.05) is 0 Å². The fraction of sp³-hybridized carbons (Fsp3) is 0.923. The van der Waals surface area contributed by atoms with Gasteiger partial charge in [-0.05, 0) is 31.1 Å². The monoisotopic (exact) mass is 195 g/mol. The molecule has 0 aliphatic rings. The Balaban J connectivity index is 4.53. The highest BCUT2D eigenvalue weighted by Gasteiger charge is 2.30. The fourth-order valence-electron chi connectivity index (χ4n) is 2.48. The number of hydrogen-bond donors (Lipinski definition) is 0. The zero-order valence-electron chi connectivity index (χ0n) is 10.4. The van der Waals surface area contributed by atoms with E-state index in [9.17, 15) is 5.26 Å². The molecule has 0 atom stereocenters. The molecule has 0 unspecified atom stereocenters. The van der Waals surface area contributed by atoms with Crippen LogP contribution in [0.4, 0.5) is 0 Å². The third-order valence-electron chi connectivity index (χ3n) is 2.56. The molecule has 0 aromatic rings. The van der Waals surface area contributed by atoms with Gasteiger partial charge in [0.05, 0.1) is 11.5 Å². The third-order valence-corrected chi connectivity index (χ3v) is 2.56. The quantitative estimate of drug-likeness (QED) is 0.616. The lowest BCUT2D eigenvalue weighted by atomic mass is 9.72. The zero-order valence-corrected chi connectivity index (χ0v) is 10.4. The molecule has 0 saturated heterocycles. The average Bonchev–Trinajstić information content (AvgIpc) is 2.02. The first kappa shape index (κ1) is 13.5. The highest BCUT2D eigenvalue weighted by Crippen LogP contribution is 2.37. The number of rotatable bonds is 6. The van der Waals surface area contributed by atoms with E-state index < -0.39 is 0 Å².